The number of piperidine rings is 1. The lowest BCUT2D eigenvalue weighted by atomic mass is 9.69. The topological polar surface area (TPSA) is 108 Å². The van der Waals surface area contributed by atoms with E-state index < -0.39 is 23.5 Å². The molecule has 4 rings (SSSR count). The monoisotopic (exact) mass is 578 g/mol. The number of aliphatic hydroxyl groups is 1. The minimum atomic E-state index is -0.910. The number of aliphatic hydroxyl groups excluding tert-OH is 1. The van der Waals surface area contributed by atoms with Crippen LogP contribution in [0.25, 0.3) is 0 Å². The number of nitrogen functional groups attached to an aromatic ring is 1. The number of carbonyl (C=O) groups is 2. The number of likely N-dealkylation sites (tertiary alicyclic amines) is 1. The summed E-state index contributed by atoms with van der Waals surface area (Å²) < 4.78 is 5.32. The fourth-order valence-corrected chi connectivity index (χ4v) is 5.99. The summed E-state index contributed by atoms with van der Waals surface area (Å²) in [7, 11) is 5.03. The highest BCUT2D eigenvalue weighted by Crippen LogP contribution is 2.40. The van der Waals surface area contributed by atoms with E-state index in [1.54, 1.807) is 19.0 Å². The number of benzene rings is 3. The van der Waals surface area contributed by atoms with Gasteiger partial charge in [-0.25, -0.2) is 0 Å². The number of hydrogen-bond acceptors (Lipinski definition) is 6. The molecule has 1 unspecified atom stereocenters. The number of hydrogen-bond donors (Lipinski definition) is 3. The first-order valence-electron chi connectivity index (χ1n) is 13.8. The highest BCUT2D eigenvalue weighted by atomic mass is 35.5. The van der Waals surface area contributed by atoms with Crippen molar-refractivity contribution in [1.29, 1.82) is 0 Å². The van der Waals surface area contributed by atoms with Gasteiger partial charge in [-0.15, -0.1) is 0 Å². The van der Waals surface area contributed by atoms with Crippen LogP contribution in [-0.2, 0) is 10.2 Å². The Balaban J connectivity index is 1.55. The molecule has 1 fully saturated rings. The number of β-amino-alcohol motifs (C(OH)–C–C–N with tert-alkyl or cyclic N) is 1. The van der Waals surface area contributed by atoms with Crippen LogP contribution in [0.2, 0.25) is 5.02 Å². The van der Waals surface area contributed by atoms with Crippen molar-refractivity contribution >= 4 is 29.1 Å². The van der Waals surface area contributed by atoms with Crippen molar-refractivity contribution in [3.63, 3.8) is 0 Å². The third-order valence-electron chi connectivity index (χ3n) is 8.02. The lowest BCUT2D eigenvalue weighted by Crippen LogP contribution is -2.57. The fraction of sp³-hybridized carbons (Fsp3) is 0.375. The van der Waals surface area contributed by atoms with Gasteiger partial charge in [-0.1, -0.05) is 72.3 Å². The number of carbonyl (C=O) groups excluding carboxylic acids is 2. The van der Waals surface area contributed by atoms with E-state index in [4.69, 9.17) is 22.1 Å². The van der Waals surface area contributed by atoms with Gasteiger partial charge in [0.25, 0.3) is 5.91 Å². The summed E-state index contributed by atoms with van der Waals surface area (Å²) in [5.74, 6) is -0.0766. The molecule has 0 radical (unpaired) electrons. The van der Waals surface area contributed by atoms with Gasteiger partial charge < -0.3 is 25.8 Å². The molecule has 3 atom stereocenters. The Bertz CT molecular complexity index is 1310. The number of likely N-dealkylation sites (N-methyl/N-ethyl adjacent to an activating group) is 1. The van der Waals surface area contributed by atoms with Crippen LogP contribution < -0.4 is 15.8 Å². The Hall–Kier alpha value is -3.59. The highest BCUT2D eigenvalue weighted by Gasteiger charge is 2.45. The normalized spacial score (nSPS) is 18.4. The molecule has 1 heterocycles. The maximum absolute atomic E-state index is 14.0. The van der Waals surface area contributed by atoms with Crippen molar-refractivity contribution in [2.45, 2.75) is 43.4 Å². The zero-order valence-corrected chi connectivity index (χ0v) is 24.8. The largest absolute Gasteiger partial charge is 0.496 e. The van der Waals surface area contributed by atoms with Crippen molar-refractivity contribution < 1.29 is 19.4 Å². The minimum Gasteiger partial charge on any atom is -0.496 e. The van der Waals surface area contributed by atoms with Gasteiger partial charge in [0.15, 0.2) is 0 Å². The van der Waals surface area contributed by atoms with E-state index in [1.807, 2.05) is 60.7 Å². The number of rotatable bonds is 9. The van der Waals surface area contributed by atoms with Crippen LogP contribution in [0.15, 0.2) is 72.8 Å². The lowest BCUT2D eigenvalue weighted by molar-refractivity contribution is -0.134. The fourth-order valence-electron chi connectivity index (χ4n) is 5.82. The summed E-state index contributed by atoms with van der Waals surface area (Å²) in [6, 6.07) is 22.3. The smallest absolute Gasteiger partial charge is 0.255 e. The average molecular weight is 579 g/mol. The van der Waals surface area contributed by atoms with Crippen LogP contribution in [0, 0.1) is 0 Å². The number of amides is 2. The van der Waals surface area contributed by atoms with Gasteiger partial charge in [0.1, 0.15) is 11.2 Å². The van der Waals surface area contributed by atoms with Crippen LogP contribution in [0.4, 0.5) is 5.69 Å². The van der Waals surface area contributed by atoms with Crippen molar-refractivity contribution in [1.82, 2.24) is 15.1 Å². The first kappa shape index (κ1) is 30.4. The molecule has 41 heavy (non-hydrogen) atoms. The Morgan fingerprint density at radius 3 is 2.22 bits per heavy atom. The molecule has 9 heteroatoms. The second-order valence-electron chi connectivity index (χ2n) is 10.9. The van der Waals surface area contributed by atoms with Gasteiger partial charge in [0.2, 0.25) is 5.91 Å². The lowest BCUT2D eigenvalue weighted by Gasteiger charge is -2.44. The summed E-state index contributed by atoms with van der Waals surface area (Å²) in [5.41, 5.74) is 7.37. The standard InChI is InChI=1S/C32H39ClN4O4/c1-21(19-32(31(40)36(2)3,22-11-7-5-8-12-22)23-13-9-6-10-14-23)37-16-15-27(28(38)20-37)35-30(39)24-17-25(33)26(34)18-29(24)41-4/h5-14,17-18,21,27-28,38H,15-16,19-20,34H2,1-4H3,(H,35,39)/t21?,27-,28-/m1/s1. The number of nitrogens with zero attached hydrogens (tertiary/aromatic N) is 2. The van der Waals surface area contributed by atoms with Crippen molar-refractivity contribution in [2.75, 3.05) is 40.0 Å². The molecule has 1 saturated heterocycles. The van der Waals surface area contributed by atoms with Crippen LogP contribution >= 0.6 is 11.6 Å². The van der Waals surface area contributed by atoms with Gasteiger partial charge in [0.05, 0.1) is 35.5 Å². The molecule has 3 aromatic carbocycles. The Morgan fingerprint density at radius 2 is 1.71 bits per heavy atom. The van der Waals surface area contributed by atoms with Crippen molar-refractivity contribution in [3.05, 3.63) is 94.5 Å². The molecule has 0 aromatic heterocycles. The molecule has 8 nitrogen and oxygen atoms in total. The molecule has 0 aliphatic carbocycles. The summed E-state index contributed by atoms with van der Waals surface area (Å²) >= 11 is 6.15. The van der Waals surface area contributed by atoms with E-state index >= 15 is 0 Å². The van der Waals surface area contributed by atoms with E-state index in [2.05, 4.69) is 17.1 Å². The zero-order valence-electron chi connectivity index (χ0n) is 24.0. The molecule has 218 valence electrons. The van der Waals surface area contributed by atoms with Gasteiger partial charge in [-0.3, -0.25) is 14.5 Å². The van der Waals surface area contributed by atoms with Crippen LogP contribution in [0.3, 0.4) is 0 Å². The molecule has 3 aromatic rings. The van der Waals surface area contributed by atoms with E-state index in [-0.39, 0.29) is 22.5 Å². The number of ether oxygens (including phenoxy) is 1. The summed E-state index contributed by atoms with van der Waals surface area (Å²) in [6.45, 7) is 3.08. The number of halogens is 1. The second kappa shape index (κ2) is 12.9. The average Bonchev–Trinajstić information content (AvgIpc) is 2.98. The molecule has 0 saturated carbocycles. The zero-order chi connectivity index (χ0) is 29.7. The van der Waals surface area contributed by atoms with Gasteiger partial charge in [0, 0.05) is 39.3 Å². The Labute approximate surface area is 247 Å². The molecule has 2 amide bonds. The molecule has 0 spiro atoms. The highest BCUT2D eigenvalue weighted by molar-refractivity contribution is 6.33. The predicted octanol–water partition coefficient (Wildman–Crippen LogP) is 3.95. The predicted molar refractivity (Wildman–Crippen MR) is 162 cm³/mol. The minimum absolute atomic E-state index is 0.000513. The van der Waals surface area contributed by atoms with Crippen LogP contribution in [-0.4, -0.2) is 79.2 Å². The van der Waals surface area contributed by atoms with E-state index in [9.17, 15) is 14.7 Å². The third-order valence-corrected chi connectivity index (χ3v) is 8.35. The summed E-state index contributed by atoms with van der Waals surface area (Å²) in [4.78, 5) is 31.0. The quantitative estimate of drug-likeness (QED) is 0.332. The molecular weight excluding hydrogens is 540 g/mol. The van der Waals surface area contributed by atoms with Gasteiger partial charge in [-0.2, -0.15) is 0 Å². The Morgan fingerprint density at radius 1 is 1.12 bits per heavy atom. The summed E-state index contributed by atoms with van der Waals surface area (Å²) in [6.07, 6.45) is 0.244. The van der Waals surface area contributed by atoms with E-state index in [0.717, 1.165) is 11.1 Å². The molecule has 1 aliphatic rings. The molecule has 4 N–H and O–H groups in total. The first-order valence-corrected chi connectivity index (χ1v) is 14.1. The van der Waals surface area contributed by atoms with Crippen molar-refractivity contribution in [3.8, 4) is 5.75 Å². The number of nitrogens with two attached hydrogens (primary N) is 1. The van der Waals surface area contributed by atoms with Gasteiger partial charge in [-0.05, 0) is 37.0 Å². The first-order chi connectivity index (χ1) is 19.6. The molecule has 1 aliphatic heterocycles. The van der Waals surface area contributed by atoms with E-state index in [0.29, 0.717) is 37.4 Å². The van der Waals surface area contributed by atoms with Crippen LogP contribution in [0.1, 0.15) is 41.3 Å². The van der Waals surface area contributed by atoms with Crippen LogP contribution in [0.5, 0.6) is 5.75 Å². The summed E-state index contributed by atoms with van der Waals surface area (Å²) in [5, 5.41) is 14.3. The second-order valence-corrected chi connectivity index (χ2v) is 11.3. The maximum atomic E-state index is 14.0. The maximum Gasteiger partial charge on any atom is 0.255 e. The Kier molecular flexibility index (Phi) is 9.58. The van der Waals surface area contributed by atoms with Crippen molar-refractivity contribution in [2.24, 2.45) is 0 Å². The number of anilines is 1. The third kappa shape index (κ3) is 6.35. The van der Waals surface area contributed by atoms with Gasteiger partial charge >= 0.3 is 0 Å². The molecule has 0 bridgehead atoms. The SMILES string of the molecule is COc1cc(N)c(Cl)cc1C(=O)N[C@@H]1CCN(C(C)CC(C(=O)N(C)C)(c2ccccc2)c2ccccc2)C[C@H]1O. The molecular formula is C32H39ClN4O4. The number of methoxy groups -OCH3 is 1. The number of nitrogens with one attached hydrogen (secondary N) is 1. The van der Waals surface area contributed by atoms with E-state index in [1.165, 1.54) is 19.2 Å².